The maximum atomic E-state index is 12.8. The van der Waals surface area contributed by atoms with E-state index in [4.69, 9.17) is 23.7 Å². The summed E-state index contributed by atoms with van der Waals surface area (Å²) in [5.41, 5.74) is 1.41. The fraction of sp³-hybridized carbons (Fsp3) is 0.483. The second-order valence-electron chi connectivity index (χ2n) is 10.1. The Bertz CT molecular complexity index is 1170. The molecule has 0 aromatic heterocycles. The third kappa shape index (κ3) is 7.83. The largest absolute Gasteiger partial charge is 0.508 e. The molecule has 2 aliphatic rings. The first-order valence-electron chi connectivity index (χ1n) is 13.4. The second kappa shape index (κ2) is 14.4. The van der Waals surface area contributed by atoms with Gasteiger partial charge in [-0.1, -0.05) is 24.3 Å². The molecule has 4 rings (SSSR count). The molecule has 0 bridgehead atoms. The number of hydrogen-bond donors (Lipinski definition) is 7. The van der Waals surface area contributed by atoms with Gasteiger partial charge in [-0.25, -0.2) is 4.79 Å². The van der Waals surface area contributed by atoms with E-state index in [1.807, 2.05) is 0 Å². The Morgan fingerprint density at radius 2 is 1.48 bits per heavy atom. The highest BCUT2D eigenvalue weighted by molar-refractivity contribution is 5.87. The normalized spacial score (nSPS) is 33.5. The molecule has 2 heterocycles. The maximum Gasteiger partial charge on any atom is 0.331 e. The zero-order valence-electron chi connectivity index (χ0n) is 22.7. The zero-order valence-corrected chi connectivity index (χ0v) is 22.7. The molecule has 0 radical (unpaired) electrons. The van der Waals surface area contributed by atoms with Gasteiger partial charge in [0.15, 0.2) is 18.7 Å². The number of phenols is 2. The minimum Gasteiger partial charge on any atom is -0.508 e. The molecular weight excluding hydrogens is 556 g/mol. The van der Waals surface area contributed by atoms with Crippen molar-refractivity contribution in [3.05, 3.63) is 65.7 Å². The van der Waals surface area contributed by atoms with Crippen molar-refractivity contribution in [2.24, 2.45) is 0 Å². The first kappa shape index (κ1) is 31.8. The summed E-state index contributed by atoms with van der Waals surface area (Å²) in [6, 6.07) is 12.4. The van der Waals surface area contributed by atoms with Crippen molar-refractivity contribution < 1.29 is 64.2 Å². The molecule has 0 aliphatic carbocycles. The summed E-state index contributed by atoms with van der Waals surface area (Å²) in [5.74, 6) is -0.724. The number of hydrogen-bond acceptors (Lipinski definition) is 13. The Morgan fingerprint density at radius 1 is 0.833 bits per heavy atom. The van der Waals surface area contributed by atoms with E-state index >= 15 is 0 Å². The average Bonchev–Trinajstić information content (AvgIpc) is 2.98. The number of rotatable bonds is 10. The predicted octanol–water partition coefficient (Wildman–Crippen LogP) is -0.427. The Morgan fingerprint density at radius 3 is 2.12 bits per heavy atom. The number of phenolic OH excluding ortho intramolecular Hbond substituents is 2. The molecule has 13 heteroatoms. The summed E-state index contributed by atoms with van der Waals surface area (Å²) < 4.78 is 28.4. The molecule has 13 nitrogen and oxygen atoms in total. The Hall–Kier alpha value is -3.11. The van der Waals surface area contributed by atoms with E-state index in [1.165, 1.54) is 37.3 Å². The molecule has 2 aromatic carbocycles. The minimum atomic E-state index is -1.72. The van der Waals surface area contributed by atoms with Crippen LogP contribution in [-0.2, 0) is 34.9 Å². The van der Waals surface area contributed by atoms with Gasteiger partial charge in [0.2, 0.25) is 0 Å². The Kier molecular flexibility index (Phi) is 10.9. The summed E-state index contributed by atoms with van der Waals surface area (Å²) in [7, 11) is 0. The van der Waals surface area contributed by atoms with Crippen molar-refractivity contribution in [1.29, 1.82) is 0 Å². The van der Waals surface area contributed by atoms with Crippen LogP contribution < -0.4 is 0 Å². The van der Waals surface area contributed by atoms with Crippen LogP contribution >= 0.6 is 0 Å². The van der Waals surface area contributed by atoms with Crippen LogP contribution in [0, 0.1) is 0 Å². The van der Waals surface area contributed by atoms with Gasteiger partial charge in [0, 0.05) is 6.08 Å². The fourth-order valence-corrected chi connectivity index (χ4v) is 4.64. The summed E-state index contributed by atoms with van der Waals surface area (Å²) >= 11 is 0. The number of carbonyl (C=O) groups excluding carboxylic acids is 1. The monoisotopic (exact) mass is 592 g/mol. The van der Waals surface area contributed by atoms with Crippen molar-refractivity contribution in [1.82, 2.24) is 0 Å². The van der Waals surface area contributed by atoms with Crippen LogP contribution in [-0.4, -0.2) is 116 Å². The van der Waals surface area contributed by atoms with Crippen molar-refractivity contribution >= 4 is 12.0 Å². The summed E-state index contributed by atoms with van der Waals surface area (Å²) in [5, 5.41) is 71.0. The third-order valence-corrected chi connectivity index (χ3v) is 7.06. The van der Waals surface area contributed by atoms with Crippen LogP contribution in [0.25, 0.3) is 6.08 Å². The van der Waals surface area contributed by atoms with Crippen LogP contribution in [0.15, 0.2) is 54.6 Å². The van der Waals surface area contributed by atoms with E-state index in [0.29, 0.717) is 12.0 Å². The highest BCUT2D eigenvalue weighted by atomic mass is 16.7. The van der Waals surface area contributed by atoms with E-state index in [0.717, 1.165) is 11.6 Å². The van der Waals surface area contributed by atoms with Gasteiger partial charge in [0.1, 0.15) is 48.1 Å². The molecule has 10 atom stereocenters. The lowest BCUT2D eigenvalue weighted by Crippen LogP contribution is -2.65. The molecule has 2 aliphatic heterocycles. The van der Waals surface area contributed by atoms with Gasteiger partial charge >= 0.3 is 5.97 Å². The lowest BCUT2D eigenvalue weighted by atomic mass is 9.97. The number of aliphatic hydroxyl groups is 5. The van der Waals surface area contributed by atoms with Crippen molar-refractivity contribution in [2.45, 2.75) is 74.8 Å². The van der Waals surface area contributed by atoms with Gasteiger partial charge in [-0.2, -0.15) is 0 Å². The molecule has 0 spiro atoms. The predicted molar refractivity (Wildman–Crippen MR) is 144 cm³/mol. The number of aromatic hydroxyl groups is 2. The summed E-state index contributed by atoms with van der Waals surface area (Å²) in [6.07, 6.45) is -11.5. The molecule has 7 N–H and O–H groups in total. The van der Waals surface area contributed by atoms with E-state index in [2.05, 4.69) is 0 Å². The van der Waals surface area contributed by atoms with Crippen LogP contribution in [0.4, 0.5) is 0 Å². The quantitative estimate of drug-likeness (QED) is 0.138. The number of esters is 1. The smallest absolute Gasteiger partial charge is 0.331 e. The number of aliphatic hydroxyl groups excluding tert-OH is 5. The highest BCUT2D eigenvalue weighted by Crippen LogP contribution is 2.31. The van der Waals surface area contributed by atoms with Gasteiger partial charge < -0.3 is 59.4 Å². The Labute approximate surface area is 241 Å². The van der Waals surface area contributed by atoms with E-state index in [1.54, 1.807) is 24.3 Å². The number of ether oxygens (including phenoxy) is 5. The first-order valence-corrected chi connectivity index (χ1v) is 13.4. The minimum absolute atomic E-state index is 0.0489. The number of benzene rings is 2. The third-order valence-electron chi connectivity index (χ3n) is 7.06. The maximum absolute atomic E-state index is 12.8. The molecule has 2 saturated heterocycles. The second-order valence-corrected chi connectivity index (χ2v) is 10.1. The summed E-state index contributed by atoms with van der Waals surface area (Å²) in [6.45, 7) is 0.839. The van der Waals surface area contributed by atoms with Crippen LogP contribution in [0.5, 0.6) is 11.5 Å². The lowest BCUT2D eigenvalue weighted by Gasteiger charge is -2.46. The molecule has 230 valence electrons. The SMILES string of the molecule is C[C@@H]1O[C@@H](O[C@@H]2[C@@H](O)[C@H](OCCc3ccc(O)cc3)O[C@H](CO)[C@H]2OC(=O)C=Cc2ccc(O)cc2)[C@H](O)[C@H](O)[C@H]1O. The zero-order chi connectivity index (χ0) is 30.4. The number of carbonyl (C=O) groups is 1. The lowest BCUT2D eigenvalue weighted by molar-refractivity contribution is -0.357. The first-order chi connectivity index (χ1) is 20.1. The van der Waals surface area contributed by atoms with Gasteiger partial charge in [0.05, 0.1) is 19.3 Å². The van der Waals surface area contributed by atoms with Gasteiger partial charge in [0.25, 0.3) is 0 Å². The van der Waals surface area contributed by atoms with Gasteiger partial charge in [-0.15, -0.1) is 0 Å². The van der Waals surface area contributed by atoms with Gasteiger partial charge in [-0.05, 0) is 54.8 Å². The van der Waals surface area contributed by atoms with Crippen LogP contribution in [0.2, 0.25) is 0 Å². The molecular formula is C29H36O13. The highest BCUT2D eigenvalue weighted by Gasteiger charge is 2.52. The molecule has 2 fully saturated rings. The fourth-order valence-electron chi connectivity index (χ4n) is 4.64. The van der Waals surface area contributed by atoms with Crippen molar-refractivity contribution in [2.75, 3.05) is 13.2 Å². The van der Waals surface area contributed by atoms with Crippen molar-refractivity contribution in [3.63, 3.8) is 0 Å². The van der Waals surface area contributed by atoms with Crippen molar-refractivity contribution in [3.8, 4) is 11.5 Å². The summed E-state index contributed by atoms with van der Waals surface area (Å²) in [4.78, 5) is 12.8. The van der Waals surface area contributed by atoms with E-state index in [9.17, 15) is 40.5 Å². The topological polar surface area (TPSA) is 205 Å². The van der Waals surface area contributed by atoms with Gasteiger partial charge in [-0.3, -0.25) is 0 Å². The van der Waals surface area contributed by atoms with E-state index < -0.39 is 74.0 Å². The average molecular weight is 593 g/mol. The Balaban J connectivity index is 1.51. The van der Waals surface area contributed by atoms with Crippen LogP contribution in [0.1, 0.15) is 18.1 Å². The molecule has 0 amide bonds. The molecule has 0 unspecified atom stereocenters. The molecule has 0 saturated carbocycles. The molecule has 42 heavy (non-hydrogen) atoms. The van der Waals surface area contributed by atoms with Crippen LogP contribution in [0.3, 0.4) is 0 Å². The molecule has 2 aromatic rings. The standard InChI is InChI=1S/C29H36O13/c1-15-22(34)23(35)24(36)29(39-15)42-27-25(37)28(38-13-12-17-4-9-19(32)10-5-17)40-20(14-30)26(27)41-21(33)11-6-16-2-7-18(31)8-3-16/h2-11,15,20,22-32,34-37H,12-14H2,1H3/t15-,20+,22-,23+,24+,25+,26+,27+,28+,29-/m0/s1. The van der Waals surface area contributed by atoms with E-state index in [-0.39, 0.29) is 18.1 Å².